The second-order valence-corrected chi connectivity index (χ2v) is 9.20. The SMILES string of the molecule is COc1ccc(-c2nc(OCC(=O)Nc3ccc([N+](=O)[O-])cc3)c3c4c(sc3n2)CCCC4)cc1.O. The van der Waals surface area contributed by atoms with Crippen LogP contribution in [-0.2, 0) is 17.6 Å². The lowest BCUT2D eigenvalue weighted by atomic mass is 9.97. The monoisotopic (exact) mass is 508 g/mol. The van der Waals surface area contributed by atoms with Gasteiger partial charge in [0.2, 0.25) is 5.88 Å². The Hall–Kier alpha value is -4.09. The van der Waals surface area contributed by atoms with Crippen molar-refractivity contribution in [2.45, 2.75) is 25.7 Å². The minimum absolute atomic E-state index is 0. The number of nitrogens with zero attached hydrogens (tertiary/aromatic N) is 3. The number of fused-ring (bicyclic) bond motifs is 3. The summed E-state index contributed by atoms with van der Waals surface area (Å²) in [6.07, 6.45) is 4.19. The van der Waals surface area contributed by atoms with Gasteiger partial charge >= 0.3 is 0 Å². The second-order valence-electron chi connectivity index (χ2n) is 8.11. The maximum Gasteiger partial charge on any atom is 0.269 e. The average Bonchev–Trinajstić information content (AvgIpc) is 3.26. The summed E-state index contributed by atoms with van der Waals surface area (Å²) in [5.74, 6) is 1.25. The number of hydrogen-bond donors (Lipinski definition) is 1. The molecule has 36 heavy (non-hydrogen) atoms. The van der Waals surface area contributed by atoms with Gasteiger partial charge in [-0.25, -0.2) is 4.98 Å². The quantitative estimate of drug-likeness (QED) is 0.288. The molecule has 1 amide bonds. The van der Waals surface area contributed by atoms with Gasteiger partial charge in [0.25, 0.3) is 11.6 Å². The van der Waals surface area contributed by atoms with Crippen LogP contribution in [0.2, 0.25) is 0 Å². The van der Waals surface area contributed by atoms with E-state index in [9.17, 15) is 14.9 Å². The number of aromatic nitrogens is 2. The van der Waals surface area contributed by atoms with Crippen LogP contribution in [0.3, 0.4) is 0 Å². The number of non-ortho nitro benzene ring substituents is 1. The van der Waals surface area contributed by atoms with E-state index in [2.05, 4.69) is 5.32 Å². The first-order valence-electron chi connectivity index (χ1n) is 11.2. The molecule has 0 saturated heterocycles. The van der Waals surface area contributed by atoms with Crippen molar-refractivity contribution in [1.82, 2.24) is 9.97 Å². The van der Waals surface area contributed by atoms with E-state index in [0.717, 1.165) is 47.2 Å². The van der Waals surface area contributed by atoms with Crippen molar-refractivity contribution in [3.8, 4) is 23.0 Å². The first-order valence-corrected chi connectivity index (χ1v) is 12.0. The number of methoxy groups -OCH3 is 1. The van der Waals surface area contributed by atoms with Gasteiger partial charge in [-0.3, -0.25) is 14.9 Å². The van der Waals surface area contributed by atoms with Crippen LogP contribution in [0, 0.1) is 10.1 Å². The normalized spacial score (nSPS) is 12.4. The van der Waals surface area contributed by atoms with E-state index in [1.165, 1.54) is 34.7 Å². The highest BCUT2D eigenvalue weighted by atomic mass is 32.1. The fourth-order valence-electron chi connectivity index (χ4n) is 4.10. The number of rotatable bonds is 7. The number of nitrogens with one attached hydrogen (secondary N) is 1. The fourth-order valence-corrected chi connectivity index (χ4v) is 5.35. The van der Waals surface area contributed by atoms with Crippen LogP contribution in [0.15, 0.2) is 48.5 Å². The van der Waals surface area contributed by atoms with Gasteiger partial charge in [-0.05, 0) is 67.6 Å². The summed E-state index contributed by atoms with van der Waals surface area (Å²) in [6, 6.07) is 13.1. The molecule has 2 aromatic carbocycles. The number of amides is 1. The van der Waals surface area contributed by atoms with Crippen LogP contribution in [0.1, 0.15) is 23.3 Å². The molecule has 1 aliphatic rings. The maximum absolute atomic E-state index is 12.6. The third-order valence-electron chi connectivity index (χ3n) is 5.83. The highest BCUT2D eigenvalue weighted by Crippen LogP contribution is 2.40. The first-order chi connectivity index (χ1) is 17.0. The molecule has 2 aromatic heterocycles. The van der Waals surface area contributed by atoms with Crippen LogP contribution in [0.25, 0.3) is 21.6 Å². The highest BCUT2D eigenvalue weighted by Gasteiger charge is 2.23. The van der Waals surface area contributed by atoms with E-state index in [1.54, 1.807) is 18.4 Å². The van der Waals surface area contributed by atoms with Crippen molar-refractivity contribution in [2.24, 2.45) is 0 Å². The molecule has 0 radical (unpaired) electrons. The largest absolute Gasteiger partial charge is 0.497 e. The zero-order chi connectivity index (χ0) is 24.4. The first kappa shape index (κ1) is 25.0. The van der Waals surface area contributed by atoms with Crippen molar-refractivity contribution in [3.63, 3.8) is 0 Å². The number of thiophene rings is 1. The molecule has 0 unspecified atom stereocenters. The van der Waals surface area contributed by atoms with Crippen LogP contribution in [0.4, 0.5) is 11.4 Å². The van der Waals surface area contributed by atoms with Crippen molar-refractivity contribution >= 4 is 38.8 Å². The van der Waals surface area contributed by atoms with Gasteiger partial charge in [0.1, 0.15) is 10.6 Å². The van der Waals surface area contributed by atoms with Crippen molar-refractivity contribution in [2.75, 3.05) is 19.0 Å². The molecule has 0 atom stereocenters. The van der Waals surface area contributed by atoms with Crippen molar-refractivity contribution < 1.29 is 24.7 Å². The lowest BCUT2D eigenvalue weighted by molar-refractivity contribution is -0.384. The standard InChI is InChI=1S/C25H22N4O5S.H2O/c1-33-18-12-6-15(7-13-18)23-27-24(22-19-4-2-3-5-20(19)35-25(22)28-23)34-14-21(30)26-16-8-10-17(11-9-16)29(31)32;/h6-13H,2-5,14H2,1H3,(H,26,30);1H2. The van der Waals surface area contributed by atoms with Gasteiger partial charge in [0, 0.05) is 28.3 Å². The predicted molar refractivity (Wildman–Crippen MR) is 137 cm³/mol. The number of ether oxygens (including phenoxy) is 2. The minimum atomic E-state index is -0.489. The van der Waals surface area contributed by atoms with Crippen molar-refractivity contribution in [3.05, 3.63) is 69.1 Å². The Bertz CT molecular complexity index is 1400. The Morgan fingerprint density at radius 1 is 1.08 bits per heavy atom. The minimum Gasteiger partial charge on any atom is -0.497 e. The molecule has 0 aliphatic heterocycles. The Balaban J connectivity index is 0.00000304. The molecule has 5 rings (SSSR count). The zero-order valence-corrected chi connectivity index (χ0v) is 20.3. The maximum atomic E-state index is 12.6. The van der Waals surface area contributed by atoms with Crippen LogP contribution >= 0.6 is 11.3 Å². The van der Waals surface area contributed by atoms with Crippen LogP contribution in [-0.4, -0.2) is 40.0 Å². The predicted octanol–water partition coefficient (Wildman–Crippen LogP) is 4.35. The van der Waals surface area contributed by atoms with E-state index < -0.39 is 4.92 Å². The number of aryl methyl sites for hydroxylation is 2. The third kappa shape index (κ3) is 5.11. The molecule has 0 saturated carbocycles. The summed E-state index contributed by atoms with van der Waals surface area (Å²) in [6.45, 7) is -0.254. The van der Waals surface area contributed by atoms with Crippen LogP contribution < -0.4 is 14.8 Å². The molecular formula is C25H24N4O6S. The zero-order valence-electron chi connectivity index (χ0n) is 19.4. The average molecular weight is 509 g/mol. The Morgan fingerprint density at radius 3 is 2.50 bits per heavy atom. The van der Waals surface area contributed by atoms with E-state index in [1.807, 2.05) is 24.3 Å². The van der Waals surface area contributed by atoms with Gasteiger partial charge in [0.05, 0.1) is 17.4 Å². The topological polar surface area (TPSA) is 148 Å². The molecule has 10 nitrogen and oxygen atoms in total. The summed E-state index contributed by atoms with van der Waals surface area (Å²) in [4.78, 5) is 34.6. The molecular weight excluding hydrogens is 484 g/mol. The Labute approximate surface area is 210 Å². The molecule has 2 heterocycles. The number of nitro groups is 1. The molecule has 1 aliphatic carbocycles. The summed E-state index contributed by atoms with van der Waals surface area (Å²) in [7, 11) is 1.61. The van der Waals surface area contributed by atoms with E-state index in [4.69, 9.17) is 19.4 Å². The molecule has 0 fully saturated rings. The third-order valence-corrected chi connectivity index (χ3v) is 7.02. The molecule has 11 heteroatoms. The molecule has 186 valence electrons. The molecule has 0 spiro atoms. The second kappa shape index (κ2) is 10.7. The summed E-state index contributed by atoms with van der Waals surface area (Å²) >= 11 is 1.66. The Kier molecular flexibility index (Phi) is 7.41. The summed E-state index contributed by atoms with van der Waals surface area (Å²) in [5.41, 5.74) is 2.43. The fraction of sp³-hybridized carbons (Fsp3) is 0.240. The van der Waals surface area contributed by atoms with Gasteiger partial charge < -0.3 is 20.3 Å². The van der Waals surface area contributed by atoms with E-state index >= 15 is 0 Å². The van der Waals surface area contributed by atoms with E-state index in [0.29, 0.717) is 17.4 Å². The van der Waals surface area contributed by atoms with Gasteiger partial charge in [-0.15, -0.1) is 11.3 Å². The summed E-state index contributed by atoms with van der Waals surface area (Å²) < 4.78 is 11.2. The number of benzene rings is 2. The molecule has 4 aromatic rings. The number of carbonyl (C=O) groups excluding carboxylic acids is 1. The van der Waals surface area contributed by atoms with Gasteiger partial charge in [-0.1, -0.05) is 0 Å². The Morgan fingerprint density at radius 2 is 1.81 bits per heavy atom. The number of carbonyl (C=O) groups is 1. The molecule has 0 bridgehead atoms. The number of anilines is 1. The highest BCUT2D eigenvalue weighted by molar-refractivity contribution is 7.18. The molecule has 3 N–H and O–H groups in total. The lowest BCUT2D eigenvalue weighted by Gasteiger charge is -2.13. The van der Waals surface area contributed by atoms with Gasteiger partial charge in [0.15, 0.2) is 12.4 Å². The smallest absolute Gasteiger partial charge is 0.269 e. The number of nitro benzene ring substituents is 1. The van der Waals surface area contributed by atoms with Crippen LogP contribution in [0.5, 0.6) is 11.6 Å². The number of hydrogen-bond acceptors (Lipinski definition) is 8. The van der Waals surface area contributed by atoms with E-state index in [-0.39, 0.29) is 23.7 Å². The lowest BCUT2D eigenvalue weighted by Crippen LogP contribution is -2.20. The van der Waals surface area contributed by atoms with Gasteiger partial charge in [-0.2, -0.15) is 4.98 Å². The van der Waals surface area contributed by atoms with Crippen molar-refractivity contribution in [1.29, 1.82) is 0 Å². The summed E-state index contributed by atoms with van der Waals surface area (Å²) in [5, 5.41) is 14.4.